The van der Waals surface area contributed by atoms with E-state index in [0.717, 1.165) is 57.8 Å². The first-order chi connectivity index (χ1) is 12.1. The van der Waals surface area contributed by atoms with Crippen LogP contribution in [0.25, 0.3) is 0 Å². The van der Waals surface area contributed by atoms with Crippen LogP contribution in [0.5, 0.6) is 0 Å². The van der Waals surface area contributed by atoms with Gasteiger partial charge in [0.1, 0.15) is 0 Å². The molecule has 2 heterocycles. The first kappa shape index (κ1) is 17.7. The number of hydrogen-bond acceptors (Lipinski definition) is 5. The second-order valence-corrected chi connectivity index (χ2v) is 6.61. The van der Waals surface area contributed by atoms with E-state index in [2.05, 4.69) is 4.90 Å². The lowest BCUT2D eigenvalue weighted by Gasteiger charge is -2.39. The van der Waals surface area contributed by atoms with Crippen LogP contribution in [0.3, 0.4) is 0 Å². The predicted octanol–water partition coefficient (Wildman–Crippen LogP) is 0.708. The van der Waals surface area contributed by atoms with Gasteiger partial charge in [0.15, 0.2) is 0 Å². The largest absolute Gasteiger partial charge is 0.368 e. The maximum absolute atomic E-state index is 12.7. The second kappa shape index (κ2) is 7.84. The molecule has 1 aromatic carbocycles. The molecule has 3 rings (SSSR count). The Morgan fingerprint density at radius 2 is 1.60 bits per heavy atom. The number of carbonyl (C=O) groups excluding carboxylic acids is 2. The van der Waals surface area contributed by atoms with Gasteiger partial charge in [-0.25, -0.2) is 0 Å². The molecular weight excluding hydrogens is 320 g/mol. The molecule has 0 saturated carbocycles. The van der Waals surface area contributed by atoms with E-state index in [9.17, 15) is 9.59 Å². The van der Waals surface area contributed by atoms with Crippen LogP contribution < -0.4 is 10.6 Å². The van der Waals surface area contributed by atoms with Gasteiger partial charge in [-0.15, -0.1) is 0 Å². The average molecular weight is 346 g/mol. The minimum absolute atomic E-state index is 0.118. The summed E-state index contributed by atoms with van der Waals surface area (Å²) in [5, 5.41) is 1.91. The quantitative estimate of drug-likeness (QED) is 0.868. The lowest BCUT2D eigenvalue weighted by Crippen LogP contribution is -2.51. The summed E-state index contributed by atoms with van der Waals surface area (Å²) in [4.78, 5) is 33.3. The third kappa shape index (κ3) is 4.11. The van der Waals surface area contributed by atoms with Crippen LogP contribution in [0.4, 0.5) is 5.69 Å². The van der Waals surface area contributed by atoms with Crippen LogP contribution >= 0.6 is 0 Å². The number of piperidine rings is 1. The zero-order valence-corrected chi connectivity index (χ0v) is 14.7. The monoisotopic (exact) mass is 346 g/mol. The lowest BCUT2D eigenvalue weighted by atomic mass is 9.96. The van der Waals surface area contributed by atoms with Crippen molar-refractivity contribution in [3.63, 3.8) is 0 Å². The number of primary amides is 1. The SMILES string of the molecule is CON1CCC(C(=O)N2CCN(c3ccc(C(N)=O)cc3)CC2)CC1. The maximum Gasteiger partial charge on any atom is 0.248 e. The minimum atomic E-state index is -0.415. The number of nitrogens with zero attached hydrogens (tertiary/aromatic N) is 3. The van der Waals surface area contributed by atoms with Crippen LogP contribution in [-0.4, -0.2) is 68.2 Å². The van der Waals surface area contributed by atoms with Crippen molar-refractivity contribution in [2.75, 3.05) is 51.3 Å². The zero-order chi connectivity index (χ0) is 17.8. The molecular formula is C18H26N4O3. The first-order valence-electron chi connectivity index (χ1n) is 8.81. The van der Waals surface area contributed by atoms with Crippen LogP contribution in [0.1, 0.15) is 23.2 Å². The van der Waals surface area contributed by atoms with Gasteiger partial charge in [0, 0.05) is 56.4 Å². The van der Waals surface area contributed by atoms with E-state index in [1.54, 1.807) is 19.2 Å². The topological polar surface area (TPSA) is 79.1 Å². The van der Waals surface area contributed by atoms with Crippen molar-refractivity contribution in [2.45, 2.75) is 12.8 Å². The fourth-order valence-corrected chi connectivity index (χ4v) is 3.57. The fraction of sp³-hybridized carbons (Fsp3) is 0.556. The Kier molecular flexibility index (Phi) is 5.55. The molecule has 2 aliphatic heterocycles. The number of piperazine rings is 1. The molecule has 0 aromatic heterocycles. The first-order valence-corrected chi connectivity index (χ1v) is 8.81. The molecule has 2 amide bonds. The number of rotatable bonds is 4. The Labute approximate surface area is 148 Å². The van der Waals surface area contributed by atoms with Gasteiger partial charge in [-0.05, 0) is 37.1 Å². The van der Waals surface area contributed by atoms with Gasteiger partial charge in [-0.1, -0.05) is 0 Å². The van der Waals surface area contributed by atoms with Crippen LogP contribution in [0, 0.1) is 5.92 Å². The number of amides is 2. The number of hydroxylamine groups is 2. The van der Waals surface area contributed by atoms with Crippen molar-refractivity contribution in [1.82, 2.24) is 9.96 Å². The molecule has 0 spiro atoms. The Morgan fingerprint density at radius 3 is 2.12 bits per heavy atom. The zero-order valence-electron chi connectivity index (χ0n) is 14.7. The van der Waals surface area contributed by atoms with Crippen molar-refractivity contribution < 1.29 is 14.4 Å². The molecule has 1 aromatic rings. The van der Waals surface area contributed by atoms with E-state index in [1.807, 2.05) is 22.1 Å². The van der Waals surface area contributed by atoms with Crippen molar-refractivity contribution in [3.05, 3.63) is 29.8 Å². The number of carbonyl (C=O) groups is 2. The third-order valence-electron chi connectivity index (χ3n) is 5.17. The van der Waals surface area contributed by atoms with Gasteiger partial charge < -0.3 is 20.4 Å². The summed E-state index contributed by atoms with van der Waals surface area (Å²) in [7, 11) is 1.68. The Hall–Kier alpha value is -2.12. The Balaban J connectivity index is 1.51. The van der Waals surface area contributed by atoms with Gasteiger partial charge in [0.05, 0.1) is 7.11 Å². The molecule has 0 unspecified atom stereocenters. The Morgan fingerprint density at radius 1 is 1.00 bits per heavy atom. The molecule has 0 radical (unpaired) electrons. The molecule has 7 nitrogen and oxygen atoms in total. The summed E-state index contributed by atoms with van der Waals surface area (Å²) < 4.78 is 0. The number of anilines is 1. The van der Waals surface area contributed by atoms with Gasteiger partial charge in [0.2, 0.25) is 11.8 Å². The molecule has 0 atom stereocenters. The summed E-state index contributed by atoms with van der Waals surface area (Å²) in [5.74, 6) is -0.0197. The molecule has 2 aliphatic rings. The molecule has 0 bridgehead atoms. The van der Waals surface area contributed by atoms with E-state index < -0.39 is 5.91 Å². The highest BCUT2D eigenvalue weighted by Crippen LogP contribution is 2.22. The van der Waals surface area contributed by atoms with E-state index >= 15 is 0 Å². The molecule has 2 N–H and O–H groups in total. The number of hydrogen-bond donors (Lipinski definition) is 1. The predicted molar refractivity (Wildman–Crippen MR) is 95.1 cm³/mol. The normalized spacial score (nSPS) is 19.9. The van der Waals surface area contributed by atoms with Gasteiger partial charge >= 0.3 is 0 Å². The minimum Gasteiger partial charge on any atom is -0.368 e. The lowest BCUT2D eigenvalue weighted by molar-refractivity contribution is -0.158. The molecule has 136 valence electrons. The third-order valence-corrected chi connectivity index (χ3v) is 5.17. The number of nitrogens with two attached hydrogens (primary N) is 1. The van der Waals surface area contributed by atoms with Crippen molar-refractivity contribution in [2.24, 2.45) is 11.7 Å². The summed E-state index contributed by atoms with van der Waals surface area (Å²) in [6, 6.07) is 7.33. The van der Waals surface area contributed by atoms with Crippen LogP contribution in [0.2, 0.25) is 0 Å². The van der Waals surface area contributed by atoms with Crippen LogP contribution in [-0.2, 0) is 9.63 Å². The fourth-order valence-electron chi connectivity index (χ4n) is 3.57. The van der Waals surface area contributed by atoms with Crippen molar-refractivity contribution >= 4 is 17.5 Å². The molecule has 25 heavy (non-hydrogen) atoms. The highest BCUT2D eigenvalue weighted by atomic mass is 16.7. The Bertz CT molecular complexity index is 603. The standard InChI is InChI=1S/C18H26N4O3/c1-25-22-8-6-15(7-9-22)18(24)21-12-10-20(11-13-21)16-4-2-14(3-5-16)17(19)23/h2-5,15H,6-13H2,1H3,(H2,19,23). The summed E-state index contributed by atoms with van der Waals surface area (Å²) >= 11 is 0. The molecule has 2 fully saturated rings. The van der Waals surface area contributed by atoms with E-state index in [4.69, 9.17) is 10.6 Å². The summed E-state index contributed by atoms with van der Waals surface area (Å²) in [6.07, 6.45) is 1.73. The highest BCUT2D eigenvalue weighted by Gasteiger charge is 2.30. The van der Waals surface area contributed by atoms with E-state index in [0.29, 0.717) is 5.56 Å². The maximum atomic E-state index is 12.7. The average Bonchev–Trinajstić information content (AvgIpc) is 2.67. The molecule has 0 aliphatic carbocycles. The van der Waals surface area contributed by atoms with E-state index in [-0.39, 0.29) is 11.8 Å². The second-order valence-electron chi connectivity index (χ2n) is 6.61. The van der Waals surface area contributed by atoms with Gasteiger partial charge in [-0.2, -0.15) is 5.06 Å². The van der Waals surface area contributed by atoms with E-state index in [1.165, 1.54) is 0 Å². The van der Waals surface area contributed by atoms with Crippen molar-refractivity contribution in [1.29, 1.82) is 0 Å². The molecule has 7 heteroatoms. The van der Waals surface area contributed by atoms with Gasteiger partial charge in [-0.3, -0.25) is 9.59 Å². The summed E-state index contributed by atoms with van der Waals surface area (Å²) in [5.41, 5.74) is 6.85. The van der Waals surface area contributed by atoms with Crippen LogP contribution in [0.15, 0.2) is 24.3 Å². The highest BCUT2D eigenvalue weighted by molar-refractivity contribution is 5.93. The molecule has 2 saturated heterocycles. The van der Waals surface area contributed by atoms with Gasteiger partial charge in [0.25, 0.3) is 0 Å². The summed E-state index contributed by atoms with van der Waals surface area (Å²) in [6.45, 7) is 4.72. The van der Waals surface area contributed by atoms with Crippen molar-refractivity contribution in [3.8, 4) is 0 Å². The number of benzene rings is 1. The smallest absolute Gasteiger partial charge is 0.248 e.